The summed E-state index contributed by atoms with van der Waals surface area (Å²) in [4.78, 5) is 22.9. The summed E-state index contributed by atoms with van der Waals surface area (Å²) in [7, 11) is 0. The van der Waals surface area contributed by atoms with Crippen molar-refractivity contribution in [2.24, 2.45) is 11.8 Å². The largest absolute Gasteiger partial charge is 0.493 e. The predicted molar refractivity (Wildman–Crippen MR) is 91.0 cm³/mol. The van der Waals surface area contributed by atoms with Gasteiger partial charge < -0.3 is 14.8 Å². The number of hydrogen-bond donors (Lipinski definition) is 1. The summed E-state index contributed by atoms with van der Waals surface area (Å²) in [5, 5.41) is 2.73. The highest BCUT2D eigenvalue weighted by molar-refractivity contribution is 6.04. The van der Waals surface area contributed by atoms with Gasteiger partial charge in [0.1, 0.15) is 17.3 Å². The van der Waals surface area contributed by atoms with Gasteiger partial charge in [0, 0.05) is 6.07 Å². The third-order valence-corrected chi connectivity index (χ3v) is 2.79. The van der Waals surface area contributed by atoms with Gasteiger partial charge in [0.2, 0.25) is 5.91 Å². The lowest BCUT2D eigenvalue weighted by molar-refractivity contribution is -0.124. The Morgan fingerprint density at radius 2 is 1.65 bits per heavy atom. The van der Waals surface area contributed by atoms with Crippen LogP contribution >= 0.6 is 0 Å². The van der Waals surface area contributed by atoms with E-state index in [9.17, 15) is 9.59 Å². The number of anilines is 1. The highest BCUT2D eigenvalue weighted by Crippen LogP contribution is 2.30. The molecule has 5 heteroatoms. The van der Waals surface area contributed by atoms with Crippen molar-refractivity contribution in [3.8, 4) is 11.5 Å². The van der Waals surface area contributed by atoms with Crippen LogP contribution in [0, 0.1) is 11.8 Å². The quantitative estimate of drug-likeness (QED) is 0.705. The van der Waals surface area contributed by atoms with Crippen LogP contribution in [0.1, 0.15) is 41.0 Å². The maximum atomic E-state index is 11.9. The summed E-state index contributed by atoms with van der Waals surface area (Å²) in [6.45, 7) is 10.8. The highest BCUT2D eigenvalue weighted by Gasteiger charge is 2.12. The van der Waals surface area contributed by atoms with E-state index < -0.39 is 0 Å². The molecule has 0 fully saturated rings. The first-order valence-corrected chi connectivity index (χ1v) is 7.96. The summed E-state index contributed by atoms with van der Waals surface area (Å²) in [5.41, 5.74) is 0.526. The fourth-order valence-electron chi connectivity index (χ4n) is 1.76. The Hall–Kier alpha value is -2.04. The maximum absolute atomic E-state index is 11.9. The van der Waals surface area contributed by atoms with Gasteiger partial charge in [-0.05, 0) is 30.9 Å². The fraction of sp³-hybridized carbons (Fsp3) is 0.556. The molecule has 0 heterocycles. The van der Waals surface area contributed by atoms with Crippen LogP contribution in [0.25, 0.3) is 0 Å². The monoisotopic (exact) mass is 321 g/mol. The van der Waals surface area contributed by atoms with Gasteiger partial charge in [-0.15, -0.1) is 0 Å². The van der Waals surface area contributed by atoms with Gasteiger partial charge in [0.05, 0.1) is 25.3 Å². The van der Waals surface area contributed by atoms with Crippen LogP contribution in [0.3, 0.4) is 0 Å². The lowest BCUT2D eigenvalue weighted by atomic mass is 10.2. The summed E-state index contributed by atoms with van der Waals surface area (Å²) in [6.07, 6.45) is -0.152. The van der Waals surface area contributed by atoms with Crippen LogP contribution in [0.5, 0.6) is 11.5 Å². The van der Waals surface area contributed by atoms with Gasteiger partial charge in [0.25, 0.3) is 0 Å². The second-order valence-electron chi connectivity index (χ2n) is 6.49. The molecule has 0 radical (unpaired) electrons. The summed E-state index contributed by atoms with van der Waals surface area (Å²) in [6, 6.07) is 5.33. The molecule has 0 spiro atoms. The van der Waals surface area contributed by atoms with Gasteiger partial charge in [-0.1, -0.05) is 27.7 Å². The Bertz CT molecular complexity index is 538. The standard InChI is InChI=1S/C18H27NO4/c1-12(2)10-22-15-6-7-17(23-11-13(3)4)16(9-15)19-18(21)8-14(5)20/h6-7,9,12-13H,8,10-11H2,1-5H3,(H,19,21). The van der Waals surface area contributed by atoms with Gasteiger partial charge >= 0.3 is 0 Å². The maximum Gasteiger partial charge on any atom is 0.231 e. The molecule has 23 heavy (non-hydrogen) atoms. The molecule has 1 N–H and O–H groups in total. The van der Waals surface area contributed by atoms with Crippen molar-refractivity contribution < 1.29 is 19.1 Å². The lowest BCUT2D eigenvalue weighted by Crippen LogP contribution is -2.16. The average Bonchev–Trinajstić information content (AvgIpc) is 2.42. The average molecular weight is 321 g/mol. The first kappa shape index (κ1) is 19.0. The van der Waals surface area contributed by atoms with E-state index in [0.717, 1.165) is 0 Å². The molecule has 1 aromatic carbocycles. The van der Waals surface area contributed by atoms with E-state index in [4.69, 9.17) is 9.47 Å². The van der Waals surface area contributed by atoms with Crippen molar-refractivity contribution in [2.75, 3.05) is 18.5 Å². The Labute approximate surface area is 138 Å². The molecule has 0 aliphatic heterocycles. The summed E-state index contributed by atoms with van der Waals surface area (Å²) in [5.74, 6) is 1.48. The summed E-state index contributed by atoms with van der Waals surface area (Å²) >= 11 is 0. The molecular formula is C18H27NO4. The zero-order chi connectivity index (χ0) is 17.4. The number of ether oxygens (including phenoxy) is 2. The van der Waals surface area contributed by atoms with Gasteiger partial charge in [0.15, 0.2) is 0 Å². The Kier molecular flexibility index (Phi) is 7.59. The highest BCUT2D eigenvalue weighted by atomic mass is 16.5. The molecule has 128 valence electrons. The minimum Gasteiger partial charge on any atom is -0.493 e. The smallest absolute Gasteiger partial charge is 0.231 e. The number of benzene rings is 1. The van der Waals surface area contributed by atoms with E-state index in [1.165, 1.54) is 6.92 Å². The van der Waals surface area contributed by atoms with Gasteiger partial charge in [-0.2, -0.15) is 0 Å². The minimum atomic E-state index is -0.354. The molecule has 0 saturated heterocycles. The molecule has 0 aliphatic carbocycles. The predicted octanol–water partition coefficient (Wildman–Crippen LogP) is 3.67. The second kappa shape index (κ2) is 9.18. The fourth-order valence-corrected chi connectivity index (χ4v) is 1.76. The van der Waals surface area contributed by atoms with Crippen LogP contribution in [0.15, 0.2) is 18.2 Å². The Morgan fingerprint density at radius 1 is 1.04 bits per heavy atom. The molecule has 0 unspecified atom stereocenters. The van der Waals surface area contributed by atoms with E-state index in [2.05, 4.69) is 19.2 Å². The molecule has 0 aromatic heterocycles. The number of Topliss-reactive ketones (excluding diaryl/α,β-unsaturated/α-hetero) is 1. The molecule has 1 aromatic rings. The van der Waals surface area contributed by atoms with Crippen LogP contribution in [-0.4, -0.2) is 24.9 Å². The van der Waals surface area contributed by atoms with Crippen molar-refractivity contribution in [2.45, 2.75) is 41.0 Å². The minimum absolute atomic E-state index is 0.152. The third-order valence-electron chi connectivity index (χ3n) is 2.79. The van der Waals surface area contributed by atoms with E-state index in [1.807, 2.05) is 19.9 Å². The molecule has 1 amide bonds. The lowest BCUT2D eigenvalue weighted by Gasteiger charge is -2.16. The van der Waals surface area contributed by atoms with Crippen molar-refractivity contribution in [1.29, 1.82) is 0 Å². The van der Waals surface area contributed by atoms with E-state index in [-0.39, 0.29) is 18.1 Å². The Balaban J connectivity index is 2.90. The SMILES string of the molecule is CC(=O)CC(=O)Nc1cc(OCC(C)C)ccc1OCC(C)C. The number of hydrogen-bond acceptors (Lipinski definition) is 4. The number of ketones is 1. The molecule has 0 bridgehead atoms. The molecule has 0 atom stereocenters. The van der Waals surface area contributed by atoms with Crippen molar-refractivity contribution >= 4 is 17.4 Å². The molecule has 1 rings (SSSR count). The molecule has 5 nitrogen and oxygen atoms in total. The van der Waals surface area contributed by atoms with E-state index >= 15 is 0 Å². The number of carbonyl (C=O) groups excluding carboxylic acids is 2. The van der Waals surface area contributed by atoms with Crippen LogP contribution in [0.4, 0.5) is 5.69 Å². The van der Waals surface area contributed by atoms with Crippen molar-refractivity contribution in [3.63, 3.8) is 0 Å². The number of nitrogens with one attached hydrogen (secondary N) is 1. The first-order valence-electron chi connectivity index (χ1n) is 7.96. The van der Waals surface area contributed by atoms with E-state index in [1.54, 1.807) is 12.1 Å². The van der Waals surface area contributed by atoms with Crippen LogP contribution in [0.2, 0.25) is 0 Å². The Morgan fingerprint density at radius 3 is 2.22 bits per heavy atom. The zero-order valence-corrected chi connectivity index (χ0v) is 14.6. The van der Waals surface area contributed by atoms with Crippen molar-refractivity contribution in [1.82, 2.24) is 0 Å². The van der Waals surface area contributed by atoms with Crippen LogP contribution in [-0.2, 0) is 9.59 Å². The zero-order valence-electron chi connectivity index (χ0n) is 14.6. The molecular weight excluding hydrogens is 294 g/mol. The summed E-state index contributed by atoms with van der Waals surface area (Å²) < 4.78 is 11.4. The first-order chi connectivity index (χ1) is 10.8. The number of rotatable bonds is 9. The second-order valence-corrected chi connectivity index (χ2v) is 6.49. The van der Waals surface area contributed by atoms with Gasteiger partial charge in [-0.25, -0.2) is 0 Å². The normalized spacial score (nSPS) is 10.7. The number of amides is 1. The molecule has 0 saturated carbocycles. The van der Waals surface area contributed by atoms with Crippen molar-refractivity contribution in [3.05, 3.63) is 18.2 Å². The third kappa shape index (κ3) is 7.68. The topological polar surface area (TPSA) is 64.6 Å². The van der Waals surface area contributed by atoms with Gasteiger partial charge in [-0.3, -0.25) is 9.59 Å². The van der Waals surface area contributed by atoms with E-state index in [0.29, 0.717) is 42.2 Å². The molecule has 0 aliphatic rings. The van der Waals surface area contributed by atoms with Crippen LogP contribution < -0.4 is 14.8 Å². The number of carbonyl (C=O) groups is 2.